The number of aromatic nitrogens is 5. The van der Waals surface area contributed by atoms with Crippen LogP contribution in [0.4, 0.5) is 0 Å². The first kappa shape index (κ1) is 13.7. The van der Waals surface area contributed by atoms with Gasteiger partial charge in [-0.1, -0.05) is 26.0 Å². The molecule has 0 aliphatic heterocycles. The highest BCUT2D eigenvalue weighted by Crippen LogP contribution is 2.06. The van der Waals surface area contributed by atoms with Crippen molar-refractivity contribution < 1.29 is 0 Å². The number of nitrogens with one attached hydrogen (secondary N) is 1. The highest BCUT2D eigenvalue weighted by Gasteiger charge is 2.07. The van der Waals surface area contributed by atoms with Crippen molar-refractivity contribution in [2.45, 2.75) is 46.3 Å². The predicted octanol–water partition coefficient (Wildman–Crippen LogP) is 1.12. The maximum absolute atomic E-state index is 4.43. The molecule has 0 amide bonds. The molecule has 0 aliphatic carbocycles. The zero-order valence-electron chi connectivity index (χ0n) is 12.1. The first-order valence-electron chi connectivity index (χ1n) is 6.72. The van der Waals surface area contributed by atoms with Crippen molar-refractivity contribution in [3.63, 3.8) is 0 Å². The Kier molecular flexibility index (Phi) is 4.31. The fraction of sp³-hybridized carbons (Fsp3) is 0.615. The van der Waals surface area contributed by atoms with Crippen LogP contribution in [0.2, 0.25) is 0 Å². The van der Waals surface area contributed by atoms with Crippen molar-refractivity contribution in [3.8, 4) is 0 Å². The van der Waals surface area contributed by atoms with Gasteiger partial charge in [-0.05, 0) is 12.5 Å². The largest absolute Gasteiger partial charge is 0.309 e. The molecule has 2 aromatic rings. The van der Waals surface area contributed by atoms with Gasteiger partial charge in [0.25, 0.3) is 0 Å². The minimum absolute atomic E-state index is 0.453. The summed E-state index contributed by atoms with van der Waals surface area (Å²) in [7, 11) is 1.96. The SMILES string of the molecule is CCc1cc(Cn2cc(CNC(C)C)nn2)n(C)n1. The van der Waals surface area contributed by atoms with Crippen LogP contribution in [0, 0.1) is 0 Å². The second-order valence-corrected chi connectivity index (χ2v) is 5.05. The summed E-state index contributed by atoms with van der Waals surface area (Å²) in [4.78, 5) is 0. The molecule has 6 nitrogen and oxygen atoms in total. The lowest BCUT2D eigenvalue weighted by Gasteiger charge is -2.04. The van der Waals surface area contributed by atoms with Crippen LogP contribution in [0.1, 0.15) is 37.9 Å². The van der Waals surface area contributed by atoms with Crippen LogP contribution in [-0.4, -0.2) is 30.8 Å². The minimum atomic E-state index is 0.453. The number of hydrogen-bond donors (Lipinski definition) is 1. The van der Waals surface area contributed by atoms with Gasteiger partial charge in [0.2, 0.25) is 0 Å². The van der Waals surface area contributed by atoms with Crippen molar-refractivity contribution in [2.75, 3.05) is 0 Å². The molecular formula is C13H22N6. The Morgan fingerprint density at radius 3 is 2.74 bits per heavy atom. The topological polar surface area (TPSA) is 60.6 Å². The van der Waals surface area contributed by atoms with Crippen LogP contribution in [0.25, 0.3) is 0 Å². The molecule has 0 aromatic carbocycles. The van der Waals surface area contributed by atoms with E-state index in [0.717, 1.165) is 30.0 Å². The van der Waals surface area contributed by atoms with Crippen LogP contribution in [0.3, 0.4) is 0 Å². The molecule has 0 unspecified atom stereocenters. The normalized spacial score (nSPS) is 11.4. The van der Waals surface area contributed by atoms with E-state index in [-0.39, 0.29) is 0 Å². The van der Waals surface area contributed by atoms with Crippen molar-refractivity contribution in [1.82, 2.24) is 30.1 Å². The Morgan fingerprint density at radius 1 is 1.32 bits per heavy atom. The summed E-state index contributed by atoms with van der Waals surface area (Å²) in [5, 5.41) is 16.1. The van der Waals surface area contributed by atoms with Crippen molar-refractivity contribution in [1.29, 1.82) is 0 Å². The van der Waals surface area contributed by atoms with E-state index < -0.39 is 0 Å². The van der Waals surface area contributed by atoms with Crippen molar-refractivity contribution in [3.05, 3.63) is 29.3 Å². The van der Waals surface area contributed by atoms with E-state index in [9.17, 15) is 0 Å². The predicted molar refractivity (Wildman–Crippen MR) is 73.7 cm³/mol. The van der Waals surface area contributed by atoms with Gasteiger partial charge in [-0.25, -0.2) is 4.68 Å². The first-order chi connectivity index (χ1) is 9.08. The lowest BCUT2D eigenvalue weighted by Crippen LogP contribution is -2.21. The van der Waals surface area contributed by atoms with E-state index >= 15 is 0 Å². The lowest BCUT2D eigenvalue weighted by molar-refractivity contribution is 0.580. The van der Waals surface area contributed by atoms with Gasteiger partial charge in [-0.3, -0.25) is 4.68 Å². The summed E-state index contributed by atoms with van der Waals surface area (Å²) < 4.78 is 3.76. The molecule has 6 heteroatoms. The van der Waals surface area contributed by atoms with Crippen LogP contribution >= 0.6 is 0 Å². The van der Waals surface area contributed by atoms with Crippen LogP contribution in [0.5, 0.6) is 0 Å². The van der Waals surface area contributed by atoms with Gasteiger partial charge in [0.05, 0.1) is 29.8 Å². The fourth-order valence-corrected chi connectivity index (χ4v) is 1.86. The Balaban J connectivity index is 2.00. The summed E-state index contributed by atoms with van der Waals surface area (Å²) in [6.45, 7) is 7.80. The molecule has 2 heterocycles. The van der Waals surface area contributed by atoms with Gasteiger partial charge in [0.15, 0.2) is 0 Å². The quantitative estimate of drug-likeness (QED) is 0.847. The zero-order chi connectivity index (χ0) is 13.8. The third-order valence-corrected chi connectivity index (χ3v) is 2.99. The van der Waals surface area contributed by atoms with Crippen LogP contribution < -0.4 is 5.32 Å². The third kappa shape index (κ3) is 3.64. The number of rotatable bonds is 6. The second kappa shape index (κ2) is 5.97. The zero-order valence-corrected chi connectivity index (χ0v) is 12.1. The maximum Gasteiger partial charge on any atom is 0.0965 e. The van der Waals surface area contributed by atoms with Gasteiger partial charge < -0.3 is 5.32 Å². The molecule has 0 spiro atoms. The molecule has 0 fully saturated rings. The summed E-state index contributed by atoms with van der Waals surface area (Å²) >= 11 is 0. The molecule has 0 saturated heterocycles. The molecule has 0 saturated carbocycles. The Hall–Kier alpha value is -1.69. The monoisotopic (exact) mass is 262 g/mol. The first-order valence-corrected chi connectivity index (χ1v) is 6.72. The van der Waals surface area contributed by atoms with Crippen molar-refractivity contribution in [2.24, 2.45) is 7.05 Å². The number of aryl methyl sites for hydroxylation is 2. The average molecular weight is 262 g/mol. The van der Waals surface area contributed by atoms with Crippen LogP contribution in [-0.2, 0) is 26.6 Å². The molecule has 1 N–H and O–H groups in total. The van der Waals surface area contributed by atoms with E-state index in [4.69, 9.17) is 0 Å². The fourth-order valence-electron chi connectivity index (χ4n) is 1.86. The minimum Gasteiger partial charge on any atom is -0.309 e. The van der Waals surface area contributed by atoms with Crippen molar-refractivity contribution >= 4 is 0 Å². The summed E-state index contributed by atoms with van der Waals surface area (Å²) in [5.41, 5.74) is 3.22. The van der Waals surface area contributed by atoms with E-state index in [2.05, 4.69) is 47.6 Å². The molecule has 2 aromatic heterocycles. The number of nitrogens with zero attached hydrogens (tertiary/aromatic N) is 5. The Morgan fingerprint density at radius 2 is 2.11 bits per heavy atom. The van der Waals surface area contributed by atoms with Crippen LogP contribution in [0.15, 0.2) is 12.3 Å². The smallest absolute Gasteiger partial charge is 0.0965 e. The van der Waals surface area contributed by atoms with E-state index in [0.29, 0.717) is 12.6 Å². The number of hydrogen-bond acceptors (Lipinski definition) is 4. The van der Waals surface area contributed by atoms with Gasteiger partial charge >= 0.3 is 0 Å². The molecule has 19 heavy (non-hydrogen) atoms. The highest BCUT2D eigenvalue weighted by molar-refractivity contribution is 5.10. The summed E-state index contributed by atoms with van der Waals surface area (Å²) in [6, 6.07) is 2.57. The summed E-state index contributed by atoms with van der Waals surface area (Å²) in [6.07, 6.45) is 2.93. The Labute approximate surface area is 113 Å². The van der Waals surface area contributed by atoms with Gasteiger partial charge in [-0.2, -0.15) is 5.10 Å². The molecular weight excluding hydrogens is 240 g/mol. The summed E-state index contributed by atoms with van der Waals surface area (Å²) in [5.74, 6) is 0. The second-order valence-electron chi connectivity index (χ2n) is 5.05. The molecule has 104 valence electrons. The maximum atomic E-state index is 4.43. The van der Waals surface area contributed by atoms with Gasteiger partial charge in [-0.15, -0.1) is 5.10 Å². The lowest BCUT2D eigenvalue weighted by atomic mass is 10.3. The van der Waals surface area contributed by atoms with Gasteiger partial charge in [0.1, 0.15) is 0 Å². The third-order valence-electron chi connectivity index (χ3n) is 2.99. The molecule has 0 radical (unpaired) electrons. The Bertz CT molecular complexity index is 525. The standard InChI is InChI=1S/C13H22N6/c1-5-11-6-13(18(4)16-11)9-19-8-12(15-17-19)7-14-10(2)3/h6,8,10,14H,5,7,9H2,1-4H3. The van der Waals surface area contributed by atoms with E-state index in [1.54, 1.807) is 0 Å². The average Bonchev–Trinajstić information content (AvgIpc) is 2.95. The molecule has 0 bridgehead atoms. The van der Waals surface area contributed by atoms with E-state index in [1.165, 1.54) is 0 Å². The highest BCUT2D eigenvalue weighted by atomic mass is 15.4. The molecule has 0 atom stereocenters. The molecule has 2 rings (SSSR count). The molecule has 0 aliphatic rings. The van der Waals surface area contributed by atoms with Gasteiger partial charge in [0, 0.05) is 19.6 Å². The van der Waals surface area contributed by atoms with E-state index in [1.807, 2.05) is 22.6 Å².